The quantitative estimate of drug-likeness (QED) is 0.837. The van der Waals surface area contributed by atoms with Crippen molar-refractivity contribution in [2.75, 3.05) is 32.7 Å². The monoisotopic (exact) mass is 338 g/mol. The van der Waals surface area contributed by atoms with Crippen molar-refractivity contribution < 1.29 is 0 Å². The number of halogens is 2. The average molecular weight is 339 g/mol. The third-order valence-corrected chi connectivity index (χ3v) is 4.69. The highest BCUT2D eigenvalue weighted by Gasteiger charge is 2.17. The molecule has 2 aromatic rings. The predicted molar refractivity (Wildman–Crippen MR) is 90.4 cm³/mol. The van der Waals surface area contributed by atoms with Gasteiger partial charge in [-0.15, -0.1) is 0 Å². The van der Waals surface area contributed by atoms with Gasteiger partial charge in [-0.1, -0.05) is 29.3 Å². The lowest BCUT2D eigenvalue weighted by atomic mass is 10.2. The number of hydrogen-bond donors (Lipinski definition) is 0. The van der Waals surface area contributed by atoms with Crippen LogP contribution in [-0.4, -0.2) is 52.1 Å². The third-order valence-electron chi connectivity index (χ3n) is 4.11. The Bertz CT molecular complexity index is 592. The molecule has 0 bridgehead atoms. The minimum absolute atomic E-state index is 0.693. The molecule has 4 nitrogen and oxygen atoms in total. The van der Waals surface area contributed by atoms with Crippen molar-refractivity contribution in [3.8, 4) is 0 Å². The molecule has 0 aliphatic carbocycles. The minimum Gasteiger partial charge on any atom is -0.336 e. The first-order chi connectivity index (χ1) is 10.7. The zero-order valence-corrected chi connectivity index (χ0v) is 14.0. The van der Waals surface area contributed by atoms with Gasteiger partial charge in [0.25, 0.3) is 0 Å². The van der Waals surface area contributed by atoms with Crippen LogP contribution >= 0.6 is 23.2 Å². The van der Waals surface area contributed by atoms with Gasteiger partial charge in [0.15, 0.2) is 0 Å². The summed E-state index contributed by atoms with van der Waals surface area (Å²) in [5.74, 6) is 0. The molecule has 22 heavy (non-hydrogen) atoms. The highest BCUT2D eigenvalue weighted by Crippen LogP contribution is 2.22. The van der Waals surface area contributed by atoms with E-state index in [1.54, 1.807) is 0 Å². The van der Waals surface area contributed by atoms with Gasteiger partial charge < -0.3 is 4.57 Å². The SMILES string of the molecule is Clc1ccc(CN2CCN(CCn3ccnc3)CC2)c(Cl)c1. The van der Waals surface area contributed by atoms with Crippen molar-refractivity contribution in [2.45, 2.75) is 13.1 Å². The van der Waals surface area contributed by atoms with E-state index in [1.165, 1.54) is 0 Å². The van der Waals surface area contributed by atoms with E-state index >= 15 is 0 Å². The first-order valence-corrected chi connectivity index (χ1v) is 8.31. The zero-order chi connectivity index (χ0) is 15.4. The Kier molecular flexibility index (Phi) is 5.37. The number of benzene rings is 1. The smallest absolute Gasteiger partial charge is 0.0946 e. The lowest BCUT2D eigenvalue weighted by Gasteiger charge is -2.34. The summed E-state index contributed by atoms with van der Waals surface area (Å²) in [5.41, 5.74) is 1.15. The standard InChI is InChI=1S/C16H20Cl2N4/c17-15-2-1-14(16(18)11-15)12-21-8-5-20(6-9-21)7-10-22-4-3-19-13-22/h1-4,11,13H,5-10,12H2. The van der Waals surface area contributed by atoms with Gasteiger partial charge in [-0.2, -0.15) is 0 Å². The van der Waals surface area contributed by atoms with Gasteiger partial charge in [0.1, 0.15) is 0 Å². The number of hydrogen-bond acceptors (Lipinski definition) is 3. The molecule has 1 saturated heterocycles. The highest BCUT2D eigenvalue weighted by atomic mass is 35.5. The van der Waals surface area contributed by atoms with Gasteiger partial charge in [-0.25, -0.2) is 4.98 Å². The van der Waals surface area contributed by atoms with Gasteiger partial charge in [0, 0.05) is 68.3 Å². The van der Waals surface area contributed by atoms with Gasteiger partial charge in [-0.05, 0) is 17.7 Å². The van der Waals surface area contributed by atoms with Crippen molar-refractivity contribution in [3.05, 3.63) is 52.5 Å². The van der Waals surface area contributed by atoms with Crippen LogP contribution in [0.4, 0.5) is 0 Å². The molecule has 1 aliphatic rings. The first-order valence-electron chi connectivity index (χ1n) is 7.55. The van der Waals surface area contributed by atoms with Crippen LogP contribution in [0.1, 0.15) is 5.56 Å². The van der Waals surface area contributed by atoms with E-state index in [4.69, 9.17) is 23.2 Å². The molecule has 0 unspecified atom stereocenters. The van der Waals surface area contributed by atoms with Crippen LogP contribution in [0, 0.1) is 0 Å². The molecule has 0 amide bonds. The number of aromatic nitrogens is 2. The second kappa shape index (κ2) is 7.47. The van der Waals surface area contributed by atoms with Crippen molar-refractivity contribution in [2.24, 2.45) is 0 Å². The molecule has 0 atom stereocenters. The van der Waals surface area contributed by atoms with E-state index in [2.05, 4.69) is 19.4 Å². The maximum absolute atomic E-state index is 6.25. The van der Waals surface area contributed by atoms with Crippen molar-refractivity contribution in [1.82, 2.24) is 19.4 Å². The molecule has 118 valence electrons. The average Bonchev–Trinajstić information content (AvgIpc) is 3.03. The Balaban J connectivity index is 1.45. The minimum atomic E-state index is 0.693. The molecule has 2 heterocycles. The largest absolute Gasteiger partial charge is 0.336 e. The summed E-state index contributed by atoms with van der Waals surface area (Å²) in [5, 5.41) is 1.45. The molecule has 1 aromatic heterocycles. The van der Waals surface area contributed by atoms with Crippen LogP contribution in [-0.2, 0) is 13.1 Å². The maximum Gasteiger partial charge on any atom is 0.0946 e. The third kappa shape index (κ3) is 4.23. The highest BCUT2D eigenvalue weighted by molar-refractivity contribution is 6.35. The van der Waals surface area contributed by atoms with Gasteiger partial charge in [0.2, 0.25) is 0 Å². The molecule has 0 saturated carbocycles. The number of rotatable bonds is 5. The lowest BCUT2D eigenvalue weighted by Crippen LogP contribution is -2.46. The summed E-state index contributed by atoms with van der Waals surface area (Å²) in [6.07, 6.45) is 5.71. The molecule has 3 rings (SSSR count). The van der Waals surface area contributed by atoms with Crippen LogP contribution in [0.25, 0.3) is 0 Å². The van der Waals surface area contributed by atoms with Crippen molar-refractivity contribution in [1.29, 1.82) is 0 Å². The second-order valence-electron chi connectivity index (χ2n) is 5.65. The lowest BCUT2D eigenvalue weighted by molar-refractivity contribution is 0.124. The first kappa shape index (κ1) is 15.8. The molecule has 0 spiro atoms. The maximum atomic E-state index is 6.25. The fourth-order valence-corrected chi connectivity index (χ4v) is 3.21. The summed E-state index contributed by atoms with van der Waals surface area (Å²) in [7, 11) is 0. The molecule has 1 aliphatic heterocycles. The number of imidazole rings is 1. The van der Waals surface area contributed by atoms with Gasteiger partial charge in [-0.3, -0.25) is 9.80 Å². The Morgan fingerprint density at radius 3 is 2.45 bits per heavy atom. The second-order valence-corrected chi connectivity index (χ2v) is 6.50. The number of nitrogens with zero attached hydrogens (tertiary/aromatic N) is 4. The van der Waals surface area contributed by atoms with Gasteiger partial charge >= 0.3 is 0 Å². The van der Waals surface area contributed by atoms with E-state index in [9.17, 15) is 0 Å². The van der Waals surface area contributed by atoms with Crippen LogP contribution in [0.3, 0.4) is 0 Å². The van der Waals surface area contributed by atoms with E-state index in [0.717, 1.165) is 56.4 Å². The molecular weight excluding hydrogens is 319 g/mol. The normalized spacial score (nSPS) is 17.0. The Hall–Kier alpha value is -1.07. The van der Waals surface area contributed by atoms with Crippen molar-refractivity contribution >= 4 is 23.2 Å². The van der Waals surface area contributed by atoms with Crippen LogP contribution in [0.15, 0.2) is 36.9 Å². The van der Waals surface area contributed by atoms with Gasteiger partial charge in [0.05, 0.1) is 6.33 Å². The van der Waals surface area contributed by atoms with E-state index in [0.29, 0.717) is 5.02 Å². The fourth-order valence-electron chi connectivity index (χ4n) is 2.74. The van der Waals surface area contributed by atoms with E-state index in [1.807, 2.05) is 36.9 Å². The topological polar surface area (TPSA) is 24.3 Å². The van der Waals surface area contributed by atoms with Crippen LogP contribution in [0.5, 0.6) is 0 Å². The van der Waals surface area contributed by atoms with Crippen LogP contribution in [0.2, 0.25) is 10.0 Å². The molecule has 1 fully saturated rings. The molecule has 0 N–H and O–H groups in total. The summed E-state index contributed by atoms with van der Waals surface area (Å²) >= 11 is 12.2. The fraction of sp³-hybridized carbons (Fsp3) is 0.438. The summed E-state index contributed by atoms with van der Waals surface area (Å²) < 4.78 is 2.12. The van der Waals surface area contributed by atoms with Crippen molar-refractivity contribution in [3.63, 3.8) is 0 Å². The van der Waals surface area contributed by atoms with E-state index < -0.39 is 0 Å². The molecule has 6 heteroatoms. The molecule has 1 aromatic carbocycles. The zero-order valence-electron chi connectivity index (χ0n) is 12.5. The summed E-state index contributed by atoms with van der Waals surface area (Å²) in [6.45, 7) is 7.31. The van der Waals surface area contributed by atoms with Crippen LogP contribution < -0.4 is 0 Å². The summed E-state index contributed by atoms with van der Waals surface area (Å²) in [4.78, 5) is 9.02. The predicted octanol–water partition coefficient (Wildman–Crippen LogP) is 3.01. The number of piperazine rings is 1. The molecular formula is C16H20Cl2N4. The Labute approximate surface area is 141 Å². The van der Waals surface area contributed by atoms with E-state index in [-0.39, 0.29) is 0 Å². The Morgan fingerprint density at radius 1 is 1.00 bits per heavy atom. The summed E-state index contributed by atoms with van der Waals surface area (Å²) in [6, 6.07) is 5.75. The Morgan fingerprint density at radius 2 is 1.77 bits per heavy atom. The molecule has 0 radical (unpaired) electrons.